The second-order valence-electron chi connectivity index (χ2n) is 6.17. The molecule has 1 N–H and O–H groups in total. The third-order valence-electron chi connectivity index (χ3n) is 4.38. The molecule has 1 heterocycles. The van der Waals surface area contributed by atoms with Crippen molar-refractivity contribution in [2.24, 2.45) is 0 Å². The highest BCUT2D eigenvalue weighted by Crippen LogP contribution is 2.19. The Bertz CT molecular complexity index is 762. The van der Waals surface area contributed by atoms with Gasteiger partial charge in [-0.1, -0.05) is 17.7 Å². The molecule has 0 spiro atoms. The Kier molecular flexibility index (Phi) is 5.96. The van der Waals surface area contributed by atoms with Crippen molar-refractivity contribution in [2.45, 2.75) is 6.54 Å². The number of ether oxygens (including phenoxy) is 1. The fourth-order valence-corrected chi connectivity index (χ4v) is 3.04. The van der Waals surface area contributed by atoms with Crippen LogP contribution in [0, 0.1) is 5.82 Å². The first kappa shape index (κ1) is 18.5. The van der Waals surface area contributed by atoms with Crippen molar-refractivity contribution in [3.63, 3.8) is 0 Å². The van der Waals surface area contributed by atoms with Gasteiger partial charge in [-0.25, -0.2) is 9.18 Å². The van der Waals surface area contributed by atoms with E-state index in [1.54, 1.807) is 35.2 Å². The monoisotopic (exact) mass is 377 g/mol. The number of piperazine rings is 1. The number of benzene rings is 2. The number of urea groups is 1. The maximum Gasteiger partial charge on any atom is 0.321 e. The molecule has 0 unspecified atom stereocenters. The van der Waals surface area contributed by atoms with Gasteiger partial charge in [0, 0.05) is 43.4 Å². The van der Waals surface area contributed by atoms with Crippen LogP contribution in [0.15, 0.2) is 42.5 Å². The van der Waals surface area contributed by atoms with E-state index in [4.69, 9.17) is 16.3 Å². The Hall–Kier alpha value is -2.31. The molecule has 1 fully saturated rings. The molecule has 0 saturated carbocycles. The summed E-state index contributed by atoms with van der Waals surface area (Å²) >= 11 is 5.85. The number of halogens is 2. The average molecular weight is 378 g/mol. The van der Waals surface area contributed by atoms with Gasteiger partial charge in [-0.3, -0.25) is 4.90 Å². The first-order valence-electron chi connectivity index (χ1n) is 8.41. The van der Waals surface area contributed by atoms with E-state index >= 15 is 0 Å². The third-order valence-corrected chi connectivity index (χ3v) is 4.63. The van der Waals surface area contributed by atoms with E-state index in [0.717, 1.165) is 24.3 Å². The maximum absolute atomic E-state index is 13.8. The molecule has 0 radical (unpaired) electrons. The first-order valence-corrected chi connectivity index (χ1v) is 8.79. The lowest BCUT2D eigenvalue weighted by molar-refractivity contribution is 0.143. The largest absolute Gasteiger partial charge is 0.494 e. The molecule has 1 aliphatic rings. The van der Waals surface area contributed by atoms with Crippen molar-refractivity contribution in [3.8, 4) is 5.75 Å². The number of amides is 2. The highest BCUT2D eigenvalue weighted by molar-refractivity contribution is 6.30. The van der Waals surface area contributed by atoms with E-state index in [9.17, 15) is 9.18 Å². The molecular formula is C19H21ClFN3O2. The van der Waals surface area contributed by atoms with Crippen LogP contribution in [0.25, 0.3) is 0 Å². The summed E-state index contributed by atoms with van der Waals surface area (Å²) in [6.45, 7) is 3.37. The lowest BCUT2D eigenvalue weighted by Crippen LogP contribution is -2.49. The summed E-state index contributed by atoms with van der Waals surface area (Å²) in [5.74, 6) is -0.108. The van der Waals surface area contributed by atoms with Gasteiger partial charge in [0.15, 0.2) is 11.6 Å². The SMILES string of the molecule is COc1ccc(CN2CCN(C(=O)Nc3ccc(Cl)cc3)CC2)cc1F. The van der Waals surface area contributed by atoms with Crippen LogP contribution in [0.1, 0.15) is 5.56 Å². The number of rotatable bonds is 4. The summed E-state index contributed by atoms with van der Waals surface area (Å²) in [4.78, 5) is 16.3. The lowest BCUT2D eigenvalue weighted by atomic mass is 10.2. The van der Waals surface area contributed by atoms with E-state index in [1.807, 2.05) is 6.07 Å². The smallest absolute Gasteiger partial charge is 0.321 e. The summed E-state index contributed by atoms with van der Waals surface area (Å²) in [6.07, 6.45) is 0. The molecule has 26 heavy (non-hydrogen) atoms. The molecular weight excluding hydrogens is 357 g/mol. The Labute approximate surface area is 157 Å². The molecule has 2 aromatic rings. The van der Waals surface area contributed by atoms with E-state index < -0.39 is 0 Å². The average Bonchev–Trinajstić information content (AvgIpc) is 2.64. The van der Waals surface area contributed by atoms with Gasteiger partial charge in [0.1, 0.15) is 0 Å². The predicted octanol–water partition coefficient (Wildman–Crippen LogP) is 3.84. The highest BCUT2D eigenvalue weighted by atomic mass is 35.5. The fraction of sp³-hybridized carbons (Fsp3) is 0.316. The number of methoxy groups -OCH3 is 1. The zero-order valence-electron chi connectivity index (χ0n) is 14.5. The third kappa shape index (κ3) is 4.65. The van der Waals surface area contributed by atoms with E-state index in [2.05, 4.69) is 10.2 Å². The van der Waals surface area contributed by atoms with Crippen molar-refractivity contribution in [1.82, 2.24) is 9.80 Å². The number of carbonyl (C=O) groups is 1. The van der Waals surface area contributed by atoms with E-state index in [0.29, 0.717) is 24.7 Å². The van der Waals surface area contributed by atoms with Crippen LogP contribution < -0.4 is 10.1 Å². The molecule has 5 nitrogen and oxygen atoms in total. The molecule has 2 aromatic carbocycles. The second kappa shape index (κ2) is 8.38. The van der Waals surface area contributed by atoms with Gasteiger partial charge in [-0.05, 0) is 42.0 Å². The Balaban J connectivity index is 1.50. The molecule has 0 atom stereocenters. The molecule has 2 amide bonds. The number of hydrogen-bond acceptors (Lipinski definition) is 3. The number of nitrogens with one attached hydrogen (secondary N) is 1. The Morgan fingerprint density at radius 3 is 2.46 bits per heavy atom. The van der Waals surface area contributed by atoms with Crippen molar-refractivity contribution >= 4 is 23.3 Å². The Morgan fingerprint density at radius 2 is 1.85 bits per heavy atom. The molecule has 3 rings (SSSR count). The number of anilines is 1. The predicted molar refractivity (Wildman–Crippen MR) is 100 cm³/mol. The summed E-state index contributed by atoms with van der Waals surface area (Å²) in [7, 11) is 1.45. The van der Waals surface area contributed by atoms with Gasteiger partial charge in [-0.15, -0.1) is 0 Å². The van der Waals surface area contributed by atoms with Crippen LogP contribution in [0.4, 0.5) is 14.9 Å². The number of carbonyl (C=O) groups excluding carboxylic acids is 1. The molecule has 1 saturated heterocycles. The van der Waals surface area contributed by atoms with Crippen LogP contribution in [-0.4, -0.2) is 49.1 Å². The van der Waals surface area contributed by atoms with Crippen LogP contribution >= 0.6 is 11.6 Å². The quantitative estimate of drug-likeness (QED) is 0.880. The minimum Gasteiger partial charge on any atom is -0.494 e. The van der Waals surface area contributed by atoms with Gasteiger partial charge in [-0.2, -0.15) is 0 Å². The molecule has 7 heteroatoms. The molecule has 1 aliphatic heterocycles. The van der Waals surface area contributed by atoms with Gasteiger partial charge in [0.25, 0.3) is 0 Å². The van der Waals surface area contributed by atoms with Crippen LogP contribution in [-0.2, 0) is 6.54 Å². The van der Waals surface area contributed by atoms with Crippen LogP contribution in [0.5, 0.6) is 5.75 Å². The van der Waals surface area contributed by atoms with Gasteiger partial charge < -0.3 is 15.0 Å². The minimum atomic E-state index is -0.356. The summed E-state index contributed by atoms with van der Waals surface area (Å²) < 4.78 is 18.7. The second-order valence-corrected chi connectivity index (χ2v) is 6.61. The van der Waals surface area contributed by atoms with Crippen LogP contribution in [0.2, 0.25) is 5.02 Å². The topological polar surface area (TPSA) is 44.8 Å². The van der Waals surface area contributed by atoms with E-state index in [-0.39, 0.29) is 17.6 Å². The summed E-state index contributed by atoms with van der Waals surface area (Å²) in [6, 6.07) is 11.9. The van der Waals surface area contributed by atoms with Crippen molar-refractivity contribution < 1.29 is 13.9 Å². The molecule has 0 bridgehead atoms. The lowest BCUT2D eigenvalue weighted by Gasteiger charge is -2.34. The summed E-state index contributed by atoms with van der Waals surface area (Å²) in [5, 5.41) is 3.50. The maximum atomic E-state index is 13.8. The first-order chi connectivity index (χ1) is 12.5. The van der Waals surface area contributed by atoms with E-state index in [1.165, 1.54) is 13.2 Å². The minimum absolute atomic E-state index is 0.123. The van der Waals surface area contributed by atoms with Crippen LogP contribution in [0.3, 0.4) is 0 Å². The fourth-order valence-electron chi connectivity index (χ4n) is 2.91. The highest BCUT2D eigenvalue weighted by Gasteiger charge is 2.21. The van der Waals surface area contributed by atoms with Crippen molar-refractivity contribution in [3.05, 3.63) is 58.9 Å². The molecule has 138 valence electrons. The zero-order valence-corrected chi connectivity index (χ0v) is 15.3. The van der Waals surface area contributed by atoms with Gasteiger partial charge in [0.05, 0.1) is 7.11 Å². The van der Waals surface area contributed by atoms with Gasteiger partial charge in [0.2, 0.25) is 0 Å². The standard InChI is InChI=1S/C19H21ClFN3O2/c1-26-18-7-2-14(12-17(18)21)13-23-8-10-24(11-9-23)19(25)22-16-5-3-15(20)4-6-16/h2-7,12H,8-11,13H2,1H3,(H,22,25). The molecule has 0 aromatic heterocycles. The number of hydrogen-bond donors (Lipinski definition) is 1. The zero-order chi connectivity index (χ0) is 18.5. The van der Waals surface area contributed by atoms with Crippen molar-refractivity contribution in [1.29, 1.82) is 0 Å². The Morgan fingerprint density at radius 1 is 1.15 bits per heavy atom. The normalized spacial score (nSPS) is 15.0. The van der Waals surface area contributed by atoms with Crippen molar-refractivity contribution in [2.75, 3.05) is 38.6 Å². The molecule has 0 aliphatic carbocycles. The summed E-state index contributed by atoms with van der Waals surface area (Å²) in [5.41, 5.74) is 1.61. The van der Waals surface area contributed by atoms with Gasteiger partial charge >= 0.3 is 6.03 Å². The number of nitrogens with zero attached hydrogens (tertiary/aromatic N) is 2.